The Labute approximate surface area is 715 Å². The van der Waals surface area contributed by atoms with Gasteiger partial charge in [-0.05, 0) is 434 Å². The molecule has 0 N–H and O–H groups in total. The van der Waals surface area contributed by atoms with Crippen LogP contribution >= 0.6 is 0 Å². The zero-order valence-electron chi connectivity index (χ0n) is 78.1. The Morgan fingerprint density at radius 1 is 0.186 bits per heavy atom. The van der Waals surface area contributed by atoms with E-state index in [2.05, 4.69) is 239 Å². The fourth-order valence-corrected chi connectivity index (χ4v) is 28.7. The normalized spacial score (nSPS) is 32.5. The van der Waals surface area contributed by atoms with Crippen LogP contribution in [0.5, 0.6) is 0 Å². The van der Waals surface area contributed by atoms with Crippen molar-refractivity contribution in [1.29, 1.82) is 0 Å². The summed E-state index contributed by atoms with van der Waals surface area (Å²) < 4.78 is 0. The fourth-order valence-electron chi connectivity index (χ4n) is 28.7. The number of fused-ring (bicyclic) bond motifs is 12. The van der Waals surface area contributed by atoms with Gasteiger partial charge in [-0.25, -0.2) is 0 Å². The van der Waals surface area contributed by atoms with Crippen molar-refractivity contribution in [2.24, 2.45) is 54.1 Å². The third kappa shape index (κ3) is 11.7. The van der Waals surface area contributed by atoms with Gasteiger partial charge in [0.25, 0.3) is 0 Å². The van der Waals surface area contributed by atoms with Gasteiger partial charge < -0.3 is 0 Å². The molecule has 0 radical (unpaired) electrons. The fraction of sp³-hybridized carbons (Fsp3) is 0.542. The first kappa shape index (κ1) is 79.5. The molecule has 0 aromatic heterocycles. The topological polar surface area (TPSA) is 0 Å². The summed E-state index contributed by atoms with van der Waals surface area (Å²) in [5, 5.41) is 0. The van der Waals surface area contributed by atoms with Crippen molar-refractivity contribution in [2.75, 3.05) is 0 Å². The molecular weight excluding hydrogens is 1420 g/mol. The Morgan fingerprint density at radius 3 is 0.568 bits per heavy atom. The zero-order valence-corrected chi connectivity index (χ0v) is 78.1. The smallest absolute Gasteiger partial charge is 0.00655 e. The van der Waals surface area contributed by atoms with E-state index in [4.69, 9.17) is 0 Å². The van der Waals surface area contributed by atoms with E-state index < -0.39 is 0 Å². The highest BCUT2D eigenvalue weighted by atomic mass is 14.7. The first-order valence-corrected chi connectivity index (χ1v) is 47.9. The van der Waals surface area contributed by atoms with Gasteiger partial charge in [0.2, 0.25) is 0 Å². The molecular formula is C118H144. The first-order valence-electron chi connectivity index (χ1n) is 47.9. The number of hydrogen-bond donors (Lipinski definition) is 0. The Hall–Kier alpha value is -7.02. The van der Waals surface area contributed by atoms with Gasteiger partial charge in [-0.2, -0.15) is 0 Å². The summed E-state index contributed by atoms with van der Waals surface area (Å²) in [5.74, 6) is 0. The quantitative estimate of drug-likeness (QED) is 0.205. The number of rotatable bonds is 10. The molecule has 0 amide bonds. The van der Waals surface area contributed by atoms with Gasteiger partial charge in [0, 0.05) is 32.5 Å². The van der Waals surface area contributed by atoms with Crippen LogP contribution in [0.25, 0.3) is 0 Å². The predicted molar refractivity (Wildman–Crippen MR) is 501 cm³/mol. The average molecular weight is 1560 g/mol. The number of hydrogen-bond acceptors (Lipinski definition) is 0. The molecule has 3 saturated carbocycles. The Morgan fingerprint density at radius 2 is 0.364 bits per heavy atom. The van der Waals surface area contributed by atoms with Crippen molar-refractivity contribution in [3.05, 3.63) is 307 Å². The van der Waals surface area contributed by atoms with Crippen LogP contribution in [-0.2, 0) is 0 Å². The highest BCUT2D eigenvalue weighted by Gasteiger charge is 2.64. The van der Waals surface area contributed by atoms with Gasteiger partial charge in [0.1, 0.15) is 0 Å². The van der Waals surface area contributed by atoms with E-state index in [-0.39, 0.29) is 54.1 Å². The standard InChI is InChI=1S/2C59H72/c1-52(2,3)38-26-50-44-20-14-18-42(44)48-24-36(30-56(48,9)58(50,11)32-38)34-22-46-40-16-13-17-41(40)47-23-35(29-55(47,8)54(46,7)28-34)37-25-49-43-19-15-21-45(43)51-27-39(53(4,5)6)33-59(51,12)57(49,10)31-37;1-34-22-40(42-24-36(3)54(30-42)48-18-14-20-50(48)56-32-44(26-38(56)5)58(7,8)9)28-52(34)46-16-13-17-47(46)53-29-41(23-35(53)2)43-25-37(4)55(31-43)49-19-15-21-51(49)57-33-45(27-39(57)6)59(10,11)12/h22-27H,13-21,28-33H2,1-12H3;28-33H,13-27H2,1-12H3. The van der Waals surface area contributed by atoms with Gasteiger partial charge in [-0.3, -0.25) is 0 Å². The molecule has 21 aliphatic rings. The number of allylic oxidation sites excluding steroid dienone is 54. The molecule has 21 aliphatic carbocycles. The van der Waals surface area contributed by atoms with Crippen LogP contribution in [0, 0.1) is 54.1 Å². The SMILES string of the molecule is CC(C)(C)C1=CC2=C3CCCC3=C3C=C(C4=CC5=C6CCCC6=C6C=C(C7=CC8=C9CCCC9=C9C=C(C(C)(C)C)CC9(C)C8(C)C7)CC6(C)C5(C)C4)CC3(C)C2(C)C1.CC1=C(C2=C(C3=C(C)CC(C4=CC(C5=C(C6=C(C)CC(C(C)(C)C)=C6)CCC5)=C(C)C4)=C3)CCC2)C=C(C2=CC(C3=C(C4=C(C)CC(C(C)(C)C)=C4)CCC3)=C(C)C2)C1. The molecule has 0 aromatic rings. The van der Waals surface area contributed by atoms with Crippen molar-refractivity contribution < 1.29 is 0 Å². The summed E-state index contributed by atoms with van der Waals surface area (Å²) in [4.78, 5) is 0. The Balaban J connectivity index is 0.000000151. The summed E-state index contributed by atoms with van der Waals surface area (Å²) in [7, 11) is 0. The summed E-state index contributed by atoms with van der Waals surface area (Å²) >= 11 is 0. The zero-order chi connectivity index (χ0) is 82.9. The monoisotopic (exact) mass is 1560 g/mol. The van der Waals surface area contributed by atoms with E-state index in [0.29, 0.717) is 0 Å². The second-order valence-corrected chi connectivity index (χ2v) is 47.7. The van der Waals surface area contributed by atoms with Gasteiger partial charge in [-0.15, -0.1) is 0 Å². The van der Waals surface area contributed by atoms with Crippen LogP contribution < -0.4 is 0 Å². The maximum absolute atomic E-state index is 2.80. The second-order valence-electron chi connectivity index (χ2n) is 47.7. The van der Waals surface area contributed by atoms with Crippen molar-refractivity contribution in [3.63, 3.8) is 0 Å². The molecule has 6 unspecified atom stereocenters. The molecule has 0 aromatic carbocycles. The Bertz CT molecular complexity index is 5360. The van der Waals surface area contributed by atoms with E-state index >= 15 is 0 Å². The second kappa shape index (κ2) is 26.7. The maximum Gasteiger partial charge on any atom is 0.00655 e. The van der Waals surface area contributed by atoms with Gasteiger partial charge in [-0.1, -0.05) is 253 Å². The molecule has 0 bridgehead atoms. The van der Waals surface area contributed by atoms with Gasteiger partial charge >= 0.3 is 0 Å². The molecule has 3 fully saturated rings. The summed E-state index contributed by atoms with van der Waals surface area (Å²) in [6.45, 7) is 59.5. The average Bonchev–Trinajstić information content (AvgIpc) is 1.51. The van der Waals surface area contributed by atoms with E-state index in [0.717, 1.165) is 38.5 Å². The van der Waals surface area contributed by atoms with Crippen LogP contribution in [-0.4, -0.2) is 0 Å². The molecule has 118 heavy (non-hydrogen) atoms. The van der Waals surface area contributed by atoms with Crippen molar-refractivity contribution in [1.82, 2.24) is 0 Å². The minimum Gasteiger partial charge on any atom is -0.0636 e. The minimum absolute atomic E-state index is 0.126. The first-order chi connectivity index (χ1) is 55.6. The van der Waals surface area contributed by atoms with Crippen LogP contribution in [0.2, 0.25) is 0 Å². The summed E-state index contributed by atoms with van der Waals surface area (Å²) in [6, 6.07) is 0. The highest BCUT2D eigenvalue weighted by Crippen LogP contribution is 2.76. The molecule has 0 heterocycles. The molecule has 0 aliphatic heterocycles. The van der Waals surface area contributed by atoms with Crippen molar-refractivity contribution >= 4 is 0 Å². The molecule has 21 rings (SSSR count). The van der Waals surface area contributed by atoms with Crippen LogP contribution in [0.3, 0.4) is 0 Å². The lowest BCUT2D eigenvalue weighted by Crippen LogP contribution is -2.41. The van der Waals surface area contributed by atoms with Gasteiger partial charge in [0.05, 0.1) is 0 Å². The van der Waals surface area contributed by atoms with E-state index in [1.807, 2.05) is 0 Å². The van der Waals surface area contributed by atoms with E-state index in [9.17, 15) is 0 Å². The molecule has 616 valence electrons. The highest BCUT2D eigenvalue weighted by molar-refractivity contribution is 5.75. The van der Waals surface area contributed by atoms with Crippen molar-refractivity contribution in [2.45, 2.75) is 359 Å². The summed E-state index contributed by atoms with van der Waals surface area (Å²) in [5.41, 5.74) is 71.0. The molecule has 0 heteroatoms. The van der Waals surface area contributed by atoms with Crippen LogP contribution in [0.1, 0.15) is 359 Å². The molecule has 0 spiro atoms. The van der Waals surface area contributed by atoms with Crippen molar-refractivity contribution in [3.8, 4) is 0 Å². The third-order valence-corrected chi connectivity index (χ3v) is 36.5. The third-order valence-electron chi connectivity index (χ3n) is 36.5. The lowest BCUT2D eigenvalue weighted by Gasteiger charge is -2.50. The van der Waals surface area contributed by atoms with Crippen LogP contribution in [0.4, 0.5) is 0 Å². The largest absolute Gasteiger partial charge is 0.0636 e. The Kier molecular flexibility index (Phi) is 18.0. The lowest BCUT2D eigenvalue weighted by molar-refractivity contribution is 0.156. The van der Waals surface area contributed by atoms with E-state index in [1.54, 1.807) is 234 Å². The molecule has 0 saturated heterocycles. The van der Waals surface area contributed by atoms with Gasteiger partial charge in [0.15, 0.2) is 0 Å². The molecule has 0 nitrogen and oxygen atoms in total. The van der Waals surface area contributed by atoms with E-state index in [1.165, 1.54) is 154 Å². The molecule has 6 atom stereocenters. The minimum atomic E-state index is 0.126. The van der Waals surface area contributed by atoms with Crippen LogP contribution in [0.15, 0.2) is 307 Å². The maximum atomic E-state index is 2.80. The summed E-state index contributed by atoms with van der Waals surface area (Å²) in [6.07, 6.45) is 69.0. The lowest BCUT2D eigenvalue weighted by atomic mass is 9.53. The predicted octanol–water partition coefficient (Wildman–Crippen LogP) is 33.9.